The first kappa shape index (κ1) is 71.8. The third kappa shape index (κ3) is 20.2. The van der Waals surface area contributed by atoms with Crippen molar-refractivity contribution in [1.82, 2.24) is 39.0 Å². The Bertz CT molecular complexity index is 3440. The number of nitrogens with one attached hydrogen (secondary N) is 2. The van der Waals surface area contributed by atoms with Gasteiger partial charge in [-0.25, -0.2) is 47.1 Å². The second-order valence-electron chi connectivity index (χ2n) is 18.6. The van der Waals surface area contributed by atoms with Crippen molar-refractivity contribution < 1.29 is 56.8 Å². The molecule has 28 heteroatoms. The summed E-state index contributed by atoms with van der Waals surface area (Å²) in [6, 6.07) is 13.5. The standard InChI is InChI=1S/2C16H14ClFN4O2.C12H12O6.2C5H10O.CO2.2H3P/c2*1-7(2)11-12(8(3)4-5-19-11)22-14-9(15(23)21-16(22)24)6-10(18)13(17)20-14;1-8(13)18-10(11(14)15)7-17-12(16)9-5-3-2-4-6-9;2*1-5-3-2-4-6-5;2-1-3;;/h2*4-7H,1-3H3,(H,21,23,24);2-6,10H,7H2,1H3,(H,14,15);2*5H,2-4H2,1H3;;2*1H3/t;;10-;;;;;/m..1...../s1. The second kappa shape index (κ2) is 34.3. The van der Waals surface area contributed by atoms with Gasteiger partial charge >= 0.3 is 35.4 Å². The summed E-state index contributed by atoms with van der Waals surface area (Å²) in [5, 5.41) is 7.80. The zero-order valence-electron chi connectivity index (χ0n) is 47.1. The Kier molecular flexibility index (Phi) is 29.7. The first-order valence-corrected chi connectivity index (χ1v) is 25.9. The zero-order valence-corrected chi connectivity index (χ0v) is 51.4. The predicted molar refractivity (Wildman–Crippen MR) is 316 cm³/mol. The molecule has 0 bridgehead atoms. The van der Waals surface area contributed by atoms with Crippen LogP contribution in [0.1, 0.15) is 119 Å². The van der Waals surface area contributed by atoms with Gasteiger partial charge in [0.1, 0.15) is 6.61 Å². The van der Waals surface area contributed by atoms with E-state index in [1.807, 2.05) is 41.5 Å². The van der Waals surface area contributed by atoms with Gasteiger partial charge in [0.15, 0.2) is 33.2 Å². The molecule has 0 saturated carbocycles. The van der Waals surface area contributed by atoms with E-state index in [0.717, 1.165) is 43.4 Å². The van der Waals surface area contributed by atoms with Crippen LogP contribution < -0.4 is 22.5 Å². The number of nitrogens with zero attached hydrogens (tertiary/aromatic N) is 6. The molecule has 2 aliphatic rings. The number of pyridine rings is 4. The quantitative estimate of drug-likeness (QED) is 0.0697. The number of ether oxygens (including phenoxy) is 4. The van der Waals surface area contributed by atoms with Crippen molar-refractivity contribution in [3.05, 3.63) is 159 Å². The number of aromatic nitrogens is 8. The van der Waals surface area contributed by atoms with Crippen LogP contribution in [0.5, 0.6) is 0 Å². The molecule has 6 aromatic heterocycles. The molecule has 3 N–H and O–H groups in total. The van der Waals surface area contributed by atoms with E-state index < -0.39 is 75.1 Å². The number of aliphatic carboxylic acids is 1. The number of carbonyl (C=O) groups is 3. The van der Waals surface area contributed by atoms with Gasteiger partial charge in [-0.3, -0.25) is 34.3 Å². The summed E-state index contributed by atoms with van der Waals surface area (Å²) in [5.41, 5.74) is 1.36. The largest absolute Gasteiger partial charge is 0.478 e. The molecule has 0 amide bonds. The molecule has 4 unspecified atom stereocenters. The highest BCUT2D eigenvalue weighted by atomic mass is 35.5. The van der Waals surface area contributed by atoms with Gasteiger partial charge in [0.25, 0.3) is 11.1 Å². The highest BCUT2D eigenvalue weighted by molar-refractivity contribution is 6.92. The molecule has 2 aliphatic heterocycles. The van der Waals surface area contributed by atoms with E-state index in [0.29, 0.717) is 40.5 Å². The number of esters is 2. The molecule has 22 nitrogen and oxygen atoms in total. The number of hydrogen-bond donors (Lipinski definition) is 3. The van der Waals surface area contributed by atoms with Gasteiger partial charge in [-0.05, 0) is 113 Å². The first-order valence-electron chi connectivity index (χ1n) is 25.1. The summed E-state index contributed by atoms with van der Waals surface area (Å²) in [4.78, 5) is 119. The molecule has 8 heterocycles. The molecule has 2 saturated heterocycles. The number of H-pyrrole nitrogens is 2. The molecule has 0 aliphatic carbocycles. The van der Waals surface area contributed by atoms with Crippen LogP contribution >= 0.6 is 43.0 Å². The number of aromatic amines is 2. The third-order valence-electron chi connectivity index (χ3n) is 11.7. The van der Waals surface area contributed by atoms with Crippen LogP contribution in [0.15, 0.2) is 86.2 Å². The SMILES string of the molecule is CC(=O)O[C@H](COC(=O)c1ccccc1)C(=O)O.CC1CCCO1.CC1CCCO1.Cc1ccnc(C(C)C)c1-n1c(=O)[nH]c(=O)c2cc(F)c(Cl)nc21.Cc1ccnc(C(C)C)c1-n1c(=O)[nH]c(=O)c2cc(F)c(Cl)nc21.O=C=O.P.P. The topological polar surface area (TPSA) is 304 Å². The van der Waals surface area contributed by atoms with E-state index in [1.165, 1.54) is 47.0 Å². The molecule has 1 aromatic carbocycles. The Balaban J connectivity index is 0.000000375. The number of carbonyl (C=O) groups excluding carboxylic acids is 4. The van der Waals surface area contributed by atoms with Gasteiger partial charge in [0.2, 0.25) is 6.10 Å². The smallest absolute Gasteiger partial charge is 0.373 e. The third-order valence-corrected chi connectivity index (χ3v) is 12.2. The van der Waals surface area contributed by atoms with E-state index in [1.54, 1.807) is 42.7 Å². The lowest BCUT2D eigenvalue weighted by atomic mass is 10.0. The van der Waals surface area contributed by atoms with E-state index >= 15 is 0 Å². The van der Waals surface area contributed by atoms with E-state index in [9.17, 15) is 42.3 Å². The highest BCUT2D eigenvalue weighted by Gasteiger charge is 2.24. The maximum atomic E-state index is 13.7. The van der Waals surface area contributed by atoms with Crippen LogP contribution in [-0.4, -0.2) is 106 Å². The van der Waals surface area contributed by atoms with Crippen LogP contribution in [0.4, 0.5) is 8.78 Å². The molecule has 5 atom stereocenters. The normalized spacial score (nSPS) is 14.2. The fraction of sp³-hybridized carbons (Fsp3) is 0.382. The van der Waals surface area contributed by atoms with Gasteiger partial charge in [-0.1, -0.05) is 69.1 Å². The minimum Gasteiger partial charge on any atom is -0.478 e. The summed E-state index contributed by atoms with van der Waals surface area (Å²) in [6.45, 7) is 18.1. The first-order chi connectivity index (χ1) is 38.3. The van der Waals surface area contributed by atoms with Gasteiger partial charge in [0, 0.05) is 32.5 Å². The number of halogens is 4. The highest BCUT2D eigenvalue weighted by Crippen LogP contribution is 2.28. The number of carboxylic acids is 1. The molecule has 0 spiro atoms. The summed E-state index contributed by atoms with van der Waals surface area (Å²) >= 11 is 11.5. The molecule has 0 radical (unpaired) electrons. The van der Waals surface area contributed by atoms with Crippen molar-refractivity contribution >= 4 is 89.1 Å². The number of aryl methyl sites for hydroxylation is 2. The Hall–Kier alpha value is -7.29. The van der Waals surface area contributed by atoms with E-state index in [4.69, 9.17) is 52.1 Å². The fourth-order valence-electron chi connectivity index (χ4n) is 7.85. The fourth-order valence-corrected chi connectivity index (χ4v) is 8.12. The Morgan fingerprint density at radius 2 is 1.13 bits per heavy atom. The van der Waals surface area contributed by atoms with Gasteiger partial charge in [0.05, 0.1) is 51.3 Å². The minimum atomic E-state index is -1.49. The van der Waals surface area contributed by atoms with Gasteiger partial charge < -0.3 is 24.1 Å². The number of hydrogen-bond acceptors (Lipinski definition) is 17. The average molecular weight is 1230 g/mol. The van der Waals surface area contributed by atoms with E-state index in [2.05, 4.69) is 48.5 Å². The summed E-state index contributed by atoms with van der Waals surface area (Å²) < 4.78 is 49.4. The molecule has 2 fully saturated rings. The summed E-state index contributed by atoms with van der Waals surface area (Å²) in [6.07, 6.45) is 8.20. The lowest BCUT2D eigenvalue weighted by Gasteiger charge is -2.17. The number of carboxylic acid groups (broad SMARTS) is 1. The Morgan fingerprint density at radius 1 is 0.735 bits per heavy atom. The number of benzene rings is 1. The van der Waals surface area contributed by atoms with Crippen LogP contribution in [-0.2, 0) is 38.1 Å². The van der Waals surface area contributed by atoms with Crippen molar-refractivity contribution in [2.75, 3.05) is 19.8 Å². The molecule has 448 valence electrons. The van der Waals surface area contributed by atoms with Gasteiger partial charge in [-0.2, -0.15) is 29.4 Å². The van der Waals surface area contributed by atoms with Crippen LogP contribution in [0.3, 0.4) is 0 Å². The van der Waals surface area contributed by atoms with Crippen molar-refractivity contribution in [2.24, 2.45) is 0 Å². The zero-order chi connectivity index (χ0) is 60.2. The van der Waals surface area contributed by atoms with Crippen molar-refractivity contribution in [3.63, 3.8) is 0 Å². The monoisotopic (exact) mass is 1230 g/mol. The van der Waals surface area contributed by atoms with Crippen LogP contribution in [0.25, 0.3) is 33.4 Å². The maximum Gasteiger partial charge on any atom is 0.373 e. The summed E-state index contributed by atoms with van der Waals surface area (Å²) in [7, 11) is 0. The lowest BCUT2D eigenvalue weighted by Crippen LogP contribution is -2.32. The molecule has 83 heavy (non-hydrogen) atoms. The Labute approximate surface area is 490 Å². The lowest BCUT2D eigenvalue weighted by molar-refractivity contribution is -0.191. The van der Waals surface area contributed by atoms with Crippen LogP contribution in [0, 0.1) is 25.5 Å². The molecular weight excluding hydrogens is 1170 g/mol. The average Bonchev–Trinajstić information content (AvgIpc) is 4.27. The van der Waals surface area contributed by atoms with Crippen molar-refractivity contribution in [3.8, 4) is 11.4 Å². The minimum absolute atomic E-state index is 0. The second-order valence-corrected chi connectivity index (χ2v) is 19.3. The van der Waals surface area contributed by atoms with Gasteiger partial charge in [-0.15, -0.1) is 0 Å². The molecule has 7 aromatic rings. The van der Waals surface area contributed by atoms with Crippen molar-refractivity contribution in [2.45, 2.75) is 118 Å². The van der Waals surface area contributed by atoms with Crippen molar-refractivity contribution in [1.29, 1.82) is 0 Å². The molecule has 9 rings (SSSR count). The predicted octanol–water partition coefficient (Wildman–Crippen LogP) is 8.15. The molecular formula is C55H66Cl2F2N8O14P2. The Morgan fingerprint density at radius 3 is 1.45 bits per heavy atom. The van der Waals surface area contributed by atoms with Crippen LogP contribution in [0.2, 0.25) is 10.3 Å². The van der Waals surface area contributed by atoms with E-state index in [-0.39, 0.29) is 59.9 Å². The maximum absolute atomic E-state index is 13.7. The summed E-state index contributed by atoms with van der Waals surface area (Å²) in [5.74, 6) is -4.41. The number of rotatable bonds is 9. The number of fused-ring (bicyclic) bond motifs is 2.